The monoisotopic (exact) mass is 168 g/mol. The summed E-state index contributed by atoms with van der Waals surface area (Å²) in [6, 6.07) is 0. The van der Waals surface area contributed by atoms with E-state index in [9.17, 15) is 4.79 Å². The van der Waals surface area contributed by atoms with Crippen LogP contribution in [-0.4, -0.2) is 19.0 Å². The Hall–Kier alpha value is -0.830. The smallest absolute Gasteiger partial charge is 0.220 e. The highest BCUT2D eigenvalue weighted by molar-refractivity contribution is 5.76. The van der Waals surface area contributed by atoms with E-state index in [4.69, 9.17) is 5.73 Å². The summed E-state index contributed by atoms with van der Waals surface area (Å²) in [6.45, 7) is 1.15. The van der Waals surface area contributed by atoms with E-state index < -0.39 is 0 Å². The van der Waals surface area contributed by atoms with Crippen molar-refractivity contribution in [1.82, 2.24) is 5.32 Å². The summed E-state index contributed by atoms with van der Waals surface area (Å²) in [5, 5.41) is 2.81. The Bertz CT molecular complexity index is 173. The molecule has 3 N–H and O–H groups in total. The summed E-state index contributed by atoms with van der Waals surface area (Å²) in [5.41, 5.74) is 5.24. The summed E-state index contributed by atoms with van der Waals surface area (Å²) < 4.78 is 0. The molecule has 3 heteroatoms. The van der Waals surface area contributed by atoms with Gasteiger partial charge in [-0.3, -0.25) is 4.79 Å². The van der Waals surface area contributed by atoms with Gasteiger partial charge in [0.2, 0.25) is 5.91 Å². The first-order valence-corrected chi connectivity index (χ1v) is 4.44. The lowest BCUT2D eigenvalue weighted by Crippen LogP contribution is -2.23. The molecule has 0 atom stereocenters. The van der Waals surface area contributed by atoms with E-state index in [0.717, 1.165) is 0 Å². The van der Waals surface area contributed by atoms with E-state index in [1.54, 1.807) is 0 Å². The third kappa shape index (κ3) is 4.13. The molecule has 0 aromatic carbocycles. The van der Waals surface area contributed by atoms with Gasteiger partial charge in [0.25, 0.3) is 0 Å². The van der Waals surface area contributed by atoms with Gasteiger partial charge in [-0.25, -0.2) is 0 Å². The van der Waals surface area contributed by atoms with E-state index in [1.165, 1.54) is 12.8 Å². The van der Waals surface area contributed by atoms with Crippen LogP contribution >= 0.6 is 0 Å². The third-order valence-corrected chi connectivity index (χ3v) is 1.89. The number of carbonyl (C=O) groups is 1. The Morgan fingerprint density at radius 3 is 2.83 bits per heavy atom. The molecule has 1 amide bonds. The van der Waals surface area contributed by atoms with Crippen molar-refractivity contribution in [2.24, 2.45) is 11.7 Å². The minimum Gasteiger partial charge on any atom is -0.353 e. The molecule has 1 aliphatic carbocycles. The minimum absolute atomic E-state index is 0.166. The van der Waals surface area contributed by atoms with Crippen molar-refractivity contribution < 1.29 is 4.79 Å². The van der Waals surface area contributed by atoms with Crippen LogP contribution in [0.15, 0.2) is 12.2 Å². The molecular formula is C9H16N2O. The Kier molecular flexibility index (Phi) is 3.80. The van der Waals surface area contributed by atoms with Crippen molar-refractivity contribution in [3.8, 4) is 0 Å². The molecule has 0 spiro atoms. The van der Waals surface area contributed by atoms with E-state index in [0.29, 0.717) is 25.4 Å². The number of nitrogens with two attached hydrogens (primary N) is 1. The van der Waals surface area contributed by atoms with Crippen LogP contribution in [0.2, 0.25) is 0 Å². The van der Waals surface area contributed by atoms with Crippen LogP contribution in [-0.2, 0) is 4.79 Å². The van der Waals surface area contributed by atoms with Crippen LogP contribution in [0, 0.1) is 5.92 Å². The number of carbonyl (C=O) groups excluding carboxylic acids is 1. The molecule has 0 aromatic heterocycles. The topological polar surface area (TPSA) is 55.1 Å². The molecule has 0 aliphatic heterocycles. The normalized spacial score (nSPS) is 16.8. The van der Waals surface area contributed by atoms with Crippen LogP contribution < -0.4 is 11.1 Å². The quantitative estimate of drug-likeness (QED) is 0.584. The molecule has 0 saturated heterocycles. The highest BCUT2D eigenvalue weighted by Crippen LogP contribution is 2.31. The molecule has 1 saturated carbocycles. The molecule has 1 fully saturated rings. The molecule has 0 radical (unpaired) electrons. The van der Waals surface area contributed by atoms with Crippen LogP contribution in [0.4, 0.5) is 0 Å². The van der Waals surface area contributed by atoms with E-state index in [1.807, 2.05) is 12.2 Å². The summed E-state index contributed by atoms with van der Waals surface area (Å²) in [6.07, 6.45) is 6.89. The highest BCUT2D eigenvalue weighted by Gasteiger charge is 2.23. The second-order valence-corrected chi connectivity index (χ2v) is 3.16. The van der Waals surface area contributed by atoms with Crippen molar-refractivity contribution in [3.63, 3.8) is 0 Å². The maximum Gasteiger partial charge on any atom is 0.220 e. The minimum atomic E-state index is 0.166. The number of hydrogen-bond acceptors (Lipinski definition) is 2. The molecule has 12 heavy (non-hydrogen) atoms. The fraction of sp³-hybridized carbons (Fsp3) is 0.667. The Morgan fingerprint density at radius 2 is 2.25 bits per heavy atom. The summed E-state index contributed by atoms with van der Waals surface area (Å²) in [7, 11) is 0. The molecule has 1 aliphatic rings. The second kappa shape index (κ2) is 4.93. The van der Waals surface area contributed by atoms with Crippen molar-refractivity contribution in [3.05, 3.63) is 12.2 Å². The van der Waals surface area contributed by atoms with Gasteiger partial charge in [0.15, 0.2) is 0 Å². The van der Waals surface area contributed by atoms with Crippen molar-refractivity contribution in [2.75, 3.05) is 13.1 Å². The maximum absolute atomic E-state index is 11.1. The first kappa shape index (κ1) is 9.26. The Morgan fingerprint density at radius 1 is 1.50 bits per heavy atom. The summed E-state index contributed by atoms with van der Waals surface area (Å²) >= 11 is 0. The van der Waals surface area contributed by atoms with Crippen LogP contribution in [0.3, 0.4) is 0 Å². The van der Waals surface area contributed by atoms with E-state index in [2.05, 4.69) is 5.32 Å². The van der Waals surface area contributed by atoms with Gasteiger partial charge < -0.3 is 11.1 Å². The number of nitrogens with one attached hydrogen (secondary N) is 1. The third-order valence-electron chi connectivity index (χ3n) is 1.89. The lowest BCUT2D eigenvalue weighted by Gasteiger charge is -1.99. The zero-order valence-electron chi connectivity index (χ0n) is 7.25. The molecule has 0 heterocycles. The number of amides is 1. The predicted molar refractivity (Wildman–Crippen MR) is 48.5 cm³/mol. The Labute approximate surface area is 73.0 Å². The lowest BCUT2D eigenvalue weighted by molar-refractivity contribution is -0.121. The average Bonchev–Trinajstić information content (AvgIpc) is 2.82. The van der Waals surface area contributed by atoms with Crippen molar-refractivity contribution in [1.29, 1.82) is 0 Å². The van der Waals surface area contributed by atoms with E-state index in [-0.39, 0.29) is 5.91 Å². The van der Waals surface area contributed by atoms with Crippen LogP contribution in [0.25, 0.3) is 0 Å². The average molecular weight is 168 g/mol. The summed E-state index contributed by atoms with van der Waals surface area (Å²) in [4.78, 5) is 11.1. The molecular weight excluding hydrogens is 152 g/mol. The lowest BCUT2D eigenvalue weighted by atomic mass is 10.3. The van der Waals surface area contributed by atoms with Gasteiger partial charge in [-0.2, -0.15) is 0 Å². The number of hydrogen-bond donors (Lipinski definition) is 2. The predicted octanol–water partition coefficient (Wildman–Crippen LogP) is 0.418. The molecule has 0 unspecified atom stereocenters. The molecule has 0 aromatic rings. The molecule has 68 valence electrons. The van der Waals surface area contributed by atoms with Gasteiger partial charge in [0.05, 0.1) is 0 Å². The largest absolute Gasteiger partial charge is 0.353 e. The Balaban J connectivity index is 1.97. The van der Waals surface area contributed by atoms with Gasteiger partial charge in [-0.05, 0) is 18.8 Å². The van der Waals surface area contributed by atoms with Gasteiger partial charge in [0.1, 0.15) is 0 Å². The SMILES string of the molecule is NC/C=C/CNC(=O)CC1CC1. The van der Waals surface area contributed by atoms with Crippen LogP contribution in [0.1, 0.15) is 19.3 Å². The highest BCUT2D eigenvalue weighted by atomic mass is 16.1. The standard InChI is InChI=1S/C9H16N2O/c10-5-1-2-6-11-9(12)7-8-3-4-8/h1-2,8H,3-7,10H2,(H,11,12)/b2-1+. The molecule has 1 rings (SSSR count). The summed E-state index contributed by atoms with van der Waals surface area (Å²) in [5.74, 6) is 0.836. The fourth-order valence-electron chi connectivity index (χ4n) is 1.01. The molecule has 3 nitrogen and oxygen atoms in total. The van der Waals surface area contributed by atoms with Gasteiger partial charge >= 0.3 is 0 Å². The van der Waals surface area contributed by atoms with Gasteiger partial charge in [0, 0.05) is 19.5 Å². The molecule has 0 bridgehead atoms. The van der Waals surface area contributed by atoms with Gasteiger partial charge in [-0.15, -0.1) is 0 Å². The first-order valence-electron chi connectivity index (χ1n) is 4.44. The zero-order valence-corrected chi connectivity index (χ0v) is 7.25. The van der Waals surface area contributed by atoms with E-state index >= 15 is 0 Å². The first-order chi connectivity index (χ1) is 5.83. The van der Waals surface area contributed by atoms with Crippen molar-refractivity contribution >= 4 is 5.91 Å². The maximum atomic E-state index is 11.1. The number of rotatable bonds is 5. The zero-order chi connectivity index (χ0) is 8.81. The second-order valence-electron chi connectivity index (χ2n) is 3.16. The van der Waals surface area contributed by atoms with Crippen LogP contribution in [0.5, 0.6) is 0 Å². The van der Waals surface area contributed by atoms with Gasteiger partial charge in [-0.1, -0.05) is 12.2 Å². The van der Waals surface area contributed by atoms with Crippen molar-refractivity contribution in [2.45, 2.75) is 19.3 Å². The fourth-order valence-corrected chi connectivity index (χ4v) is 1.01.